The molecule has 0 atom stereocenters. The standard InChI is InChI=1S/C49H32O2/c1-4-14-34(15-5-1)39-20-12-22-41-42-23-13-21-40(48(42)51-47(39)41)35-28-26-33(27-29-35)36-30-31-44-46(32-36)50-45-25-11-10-24-43(45)49(44,37-16-6-2-7-17-37)38-18-8-3-9-19-38/h1-32H. The molecule has 1 aliphatic rings. The Labute approximate surface area is 296 Å². The van der Waals surface area contributed by atoms with Crippen molar-refractivity contribution >= 4 is 21.9 Å². The van der Waals surface area contributed by atoms with Gasteiger partial charge in [-0.05, 0) is 45.5 Å². The smallest absolute Gasteiger partial charge is 0.143 e. The highest BCUT2D eigenvalue weighted by atomic mass is 16.5. The van der Waals surface area contributed by atoms with E-state index in [0.29, 0.717) is 0 Å². The topological polar surface area (TPSA) is 22.4 Å². The van der Waals surface area contributed by atoms with Crippen LogP contribution in [0.2, 0.25) is 0 Å². The van der Waals surface area contributed by atoms with Gasteiger partial charge < -0.3 is 9.15 Å². The first-order chi connectivity index (χ1) is 25.3. The van der Waals surface area contributed by atoms with E-state index in [1.807, 2.05) is 6.07 Å². The Kier molecular flexibility index (Phi) is 6.75. The molecular formula is C49H32O2. The van der Waals surface area contributed by atoms with Crippen molar-refractivity contribution < 1.29 is 9.15 Å². The summed E-state index contributed by atoms with van der Waals surface area (Å²) in [5, 5.41) is 2.25. The molecule has 0 amide bonds. The Balaban J connectivity index is 1.08. The minimum Gasteiger partial charge on any atom is -0.457 e. The summed E-state index contributed by atoms with van der Waals surface area (Å²) in [6.45, 7) is 0. The lowest BCUT2D eigenvalue weighted by molar-refractivity contribution is 0.435. The molecule has 51 heavy (non-hydrogen) atoms. The van der Waals surface area contributed by atoms with Crippen LogP contribution in [-0.4, -0.2) is 0 Å². The van der Waals surface area contributed by atoms with E-state index in [4.69, 9.17) is 9.15 Å². The van der Waals surface area contributed by atoms with Crippen LogP contribution >= 0.6 is 0 Å². The molecule has 0 unspecified atom stereocenters. The highest BCUT2D eigenvalue weighted by Gasteiger charge is 2.45. The second-order valence-electron chi connectivity index (χ2n) is 13.2. The summed E-state index contributed by atoms with van der Waals surface area (Å²) in [6, 6.07) is 68.8. The second-order valence-corrected chi connectivity index (χ2v) is 13.2. The number of hydrogen-bond donors (Lipinski definition) is 0. The average Bonchev–Trinajstić information content (AvgIpc) is 3.60. The zero-order valence-corrected chi connectivity index (χ0v) is 27.8. The highest BCUT2D eigenvalue weighted by molar-refractivity contribution is 6.13. The van der Waals surface area contributed by atoms with Crippen LogP contribution in [0.15, 0.2) is 199 Å². The molecule has 0 saturated carbocycles. The lowest BCUT2D eigenvalue weighted by Gasteiger charge is -2.41. The van der Waals surface area contributed by atoms with Crippen LogP contribution in [0.4, 0.5) is 0 Å². The number of furan rings is 1. The van der Waals surface area contributed by atoms with Gasteiger partial charge >= 0.3 is 0 Å². The minimum absolute atomic E-state index is 0.527. The van der Waals surface area contributed by atoms with Crippen LogP contribution in [0.25, 0.3) is 55.3 Å². The highest BCUT2D eigenvalue weighted by Crippen LogP contribution is 2.55. The van der Waals surface area contributed by atoms with Gasteiger partial charge in [-0.2, -0.15) is 0 Å². The zero-order chi connectivity index (χ0) is 33.8. The van der Waals surface area contributed by atoms with Crippen molar-refractivity contribution in [3.63, 3.8) is 0 Å². The van der Waals surface area contributed by atoms with Gasteiger partial charge in [0.1, 0.15) is 22.7 Å². The third-order valence-corrected chi connectivity index (χ3v) is 10.4. The number of hydrogen-bond acceptors (Lipinski definition) is 2. The van der Waals surface area contributed by atoms with Crippen molar-refractivity contribution in [1.82, 2.24) is 0 Å². The van der Waals surface area contributed by atoms with Crippen LogP contribution in [0.3, 0.4) is 0 Å². The quantitative estimate of drug-likeness (QED) is 0.185. The van der Waals surface area contributed by atoms with E-state index in [2.05, 4.69) is 188 Å². The predicted molar refractivity (Wildman–Crippen MR) is 208 cm³/mol. The van der Waals surface area contributed by atoms with E-state index < -0.39 is 5.41 Å². The van der Waals surface area contributed by atoms with E-state index in [1.54, 1.807) is 0 Å². The molecule has 2 nitrogen and oxygen atoms in total. The second kappa shape index (κ2) is 11.8. The number of fused-ring (bicyclic) bond motifs is 5. The predicted octanol–water partition coefficient (Wildman–Crippen LogP) is 13.1. The van der Waals surface area contributed by atoms with Crippen LogP contribution in [0, 0.1) is 0 Å². The molecule has 1 aromatic heterocycles. The molecular weight excluding hydrogens is 621 g/mol. The van der Waals surface area contributed by atoms with Crippen LogP contribution in [0.5, 0.6) is 11.5 Å². The lowest BCUT2D eigenvalue weighted by atomic mass is 9.63. The molecule has 8 aromatic carbocycles. The summed E-state index contributed by atoms with van der Waals surface area (Å²) in [6.07, 6.45) is 0. The number of benzene rings is 8. The maximum Gasteiger partial charge on any atom is 0.143 e. The van der Waals surface area contributed by atoms with Gasteiger partial charge in [-0.25, -0.2) is 0 Å². The first-order valence-electron chi connectivity index (χ1n) is 17.4. The zero-order valence-electron chi connectivity index (χ0n) is 27.8. The maximum atomic E-state index is 6.74. The fraction of sp³-hybridized carbons (Fsp3) is 0.0204. The number of rotatable bonds is 5. The van der Waals surface area contributed by atoms with Crippen LogP contribution in [0.1, 0.15) is 22.3 Å². The molecule has 0 saturated heterocycles. The van der Waals surface area contributed by atoms with Crippen molar-refractivity contribution in [3.8, 4) is 44.9 Å². The molecule has 9 aromatic rings. The van der Waals surface area contributed by atoms with E-state index >= 15 is 0 Å². The van der Waals surface area contributed by atoms with Gasteiger partial charge in [-0.3, -0.25) is 0 Å². The number of para-hydroxylation sites is 3. The van der Waals surface area contributed by atoms with Gasteiger partial charge in [0.25, 0.3) is 0 Å². The number of ether oxygens (including phenoxy) is 1. The Morgan fingerprint density at radius 3 is 1.45 bits per heavy atom. The fourth-order valence-electron chi connectivity index (χ4n) is 8.12. The van der Waals surface area contributed by atoms with Crippen molar-refractivity contribution in [2.24, 2.45) is 0 Å². The van der Waals surface area contributed by atoms with E-state index in [-0.39, 0.29) is 0 Å². The SMILES string of the molecule is c1ccc(-c2cccc3c2oc2c(-c4ccc(-c5ccc6c(c5)Oc5ccccc5C6(c5ccccc5)c5ccccc5)cc4)cccc23)cc1. The third kappa shape index (κ3) is 4.57. The van der Waals surface area contributed by atoms with Gasteiger partial charge in [0.2, 0.25) is 0 Å². The monoisotopic (exact) mass is 652 g/mol. The molecule has 10 rings (SSSR count). The molecule has 2 heteroatoms. The molecule has 0 bridgehead atoms. The Bertz CT molecular complexity index is 2650. The van der Waals surface area contributed by atoms with Crippen molar-refractivity contribution in [3.05, 3.63) is 216 Å². The normalized spacial score (nSPS) is 13.0. The van der Waals surface area contributed by atoms with E-state index in [1.165, 1.54) is 11.1 Å². The van der Waals surface area contributed by atoms with E-state index in [9.17, 15) is 0 Å². The third-order valence-electron chi connectivity index (χ3n) is 10.4. The minimum atomic E-state index is -0.527. The summed E-state index contributed by atoms with van der Waals surface area (Å²) in [7, 11) is 0. The van der Waals surface area contributed by atoms with Gasteiger partial charge in [-0.1, -0.05) is 182 Å². The van der Waals surface area contributed by atoms with Gasteiger partial charge in [-0.15, -0.1) is 0 Å². The molecule has 2 heterocycles. The largest absolute Gasteiger partial charge is 0.457 e. The molecule has 240 valence electrons. The molecule has 0 fully saturated rings. The first kappa shape index (κ1) is 29.3. The summed E-state index contributed by atoms with van der Waals surface area (Å²) in [4.78, 5) is 0. The van der Waals surface area contributed by atoms with Gasteiger partial charge in [0.15, 0.2) is 0 Å². The summed E-state index contributed by atoms with van der Waals surface area (Å²) in [5.74, 6) is 1.74. The van der Waals surface area contributed by atoms with Gasteiger partial charge in [0.05, 0.1) is 5.41 Å². The van der Waals surface area contributed by atoms with Crippen molar-refractivity contribution in [2.45, 2.75) is 5.41 Å². The summed E-state index contributed by atoms with van der Waals surface area (Å²) < 4.78 is 13.4. The van der Waals surface area contributed by atoms with Crippen molar-refractivity contribution in [1.29, 1.82) is 0 Å². The average molecular weight is 653 g/mol. The van der Waals surface area contributed by atoms with Gasteiger partial charge in [0, 0.05) is 33.0 Å². The lowest BCUT2D eigenvalue weighted by Crippen LogP contribution is -2.34. The Hall–Kier alpha value is -6.64. The Morgan fingerprint density at radius 2 is 0.824 bits per heavy atom. The fourth-order valence-corrected chi connectivity index (χ4v) is 8.12. The van der Waals surface area contributed by atoms with Crippen molar-refractivity contribution in [2.75, 3.05) is 0 Å². The van der Waals surface area contributed by atoms with Crippen LogP contribution < -0.4 is 4.74 Å². The molecule has 1 aliphatic heterocycles. The molecule has 0 spiro atoms. The summed E-state index contributed by atoms with van der Waals surface area (Å²) in [5.41, 5.74) is 12.7. The summed E-state index contributed by atoms with van der Waals surface area (Å²) >= 11 is 0. The molecule has 0 aliphatic carbocycles. The maximum absolute atomic E-state index is 6.74. The molecule has 0 N–H and O–H groups in total. The van der Waals surface area contributed by atoms with E-state index in [0.717, 1.165) is 77.9 Å². The molecule has 0 radical (unpaired) electrons. The Morgan fingerprint density at radius 1 is 0.333 bits per heavy atom. The van der Waals surface area contributed by atoms with Crippen LogP contribution in [-0.2, 0) is 5.41 Å². The first-order valence-corrected chi connectivity index (χ1v) is 17.4.